The van der Waals surface area contributed by atoms with Crippen LogP contribution < -0.4 is 5.32 Å². The molecule has 0 aliphatic heterocycles. The quantitative estimate of drug-likeness (QED) is 0.573. The van der Waals surface area contributed by atoms with E-state index in [0.29, 0.717) is 33.1 Å². The van der Waals surface area contributed by atoms with Gasteiger partial charge in [0.1, 0.15) is 0 Å². The number of aromatic nitrogens is 4. The van der Waals surface area contributed by atoms with Crippen LogP contribution in [0.5, 0.6) is 0 Å². The Morgan fingerprint density at radius 3 is 2.88 bits per heavy atom. The molecule has 0 aliphatic rings. The summed E-state index contributed by atoms with van der Waals surface area (Å²) >= 11 is 15.1. The lowest BCUT2D eigenvalue weighted by Gasteiger charge is -2.09. The minimum absolute atomic E-state index is 0.169. The van der Waals surface area contributed by atoms with E-state index in [2.05, 4.69) is 20.5 Å². The number of halogens is 2. The molecule has 3 heterocycles. The normalized spacial score (nSPS) is 10.9. The van der Waals surface area contributed by atoms with Gasteiger partial charge in [-0.1, -0.05) is 41.0 Å². The van der Waals surface area contributed by atoms with Crippen molar-refractivity contribution in [3.05, 3.63) is 39.3 Å². The molecule has 1 amide bonds. The predicted octanol–water partition coefficient (Wildman–Crippen LogP) is 4.77. The van der Waals surface area contributed by atoms with Crippen LogP contribution in [-0.2, 0) is 11.3 Å². The Kier molecular flexibility index (Phi) is 6.18. The Bertz CT molecular complexity index is 927. The Morgan fingerprint density at radius 1 is 1.38 bits per heavy atom. The van der Waals surface area contributed by atoms with Gasteiger partial charge in [-0.15, -0.1) is 21.5 Å². The van der Waals surface area contributed by atoms with Crippen LogP contribution in [0.4, 0.5) is 5.82 Å². The number of hydrogen-bond donors (Lipinski definition) is 1. The lowest BCUT2D eigenvalue weighted by molar-refractivity contribution is -0.113. The largest absolute Gasteiger partial charge is 0.309 e. The molecule has 1 N–H and O–H groups in total. The van der Waals surface area contributed by atoms with Crippen LogP contribution in [0.1, 0.15) is 12.5 Å². The van der Waals surface area contributed by atoms with Crippen LogP contribution >= 0.6 is 46.3 Å². The SMILES string of the molecule is CCn1c(SCC(=O)Nc2ncc(Cl)c(C)c2Cl)nnc1-c1cccs1. The lowest BCUT2D eigenvalue weighted by Crippen LogP contribution is -2.16. The number of thioether (sulfide) groups is 1. The van der Waals surface area contributed by atoms with Gasteiger partial charge in [-0.2, -0.15) is 0 Å². The van der Waals surface area contributed by atoms with Crippen LogP contribution in [0.25, 0.3) is 10.7 Å². The van der Waals surface area contributed by atoms with Crippen LogP contribution in [0.3, 0.4) is 0 Å². The van der Waals surface area contributed by atoms with Gasteiger partial charge in [0.15, 0.2) is 16.8 Å². The maximum absolute atomic E-state index is 12.3. The Balaban J connectivity index is 1.68. The van der Waals surface area contributed by atoms with Crippen molar-refractivity contribution in [1.29, 1.82) is 0 Å². The fourth-order valence-corrected chi connectivity index (χ4v) is 4.12. The number of carbonyl (C=O) groups is 1. The highest BCUT2D eigenvalue weighted by molar-refractivity contribution is 7.99. The molecule has 0 unspecified atom stereocenters. The number of anilines is 1. The van der Waals surface area contributed by atoms with Crippen molar-refractivity contribution < 1.29 is 4.79 Å². The number of pyridine rings is 1. The van der Waals surface area contributed by atoms with E-state index in [0.717, 1.165) is 10.7 Å². The van der Waals surface area contributed by atoms with Gasteiger partial charge >= 0.3 is 0 Å². The summed E-state index contributed by atoms with van der Waals surface area (Å²) in [5, 5.41) is 14.6. The first-order valence-corrected chi connectivity index (χ1v) is 10.3. The highest BCUT2D eigenvalue weighted by Gasteiger charge is 2.16. The van der Waals surface area contributed by atoms with Gasteiger partial charge in [0, 0.05) is 12.7 Å². The Hall–Kier alpha value is -1.61. The van der Waals surface area contributed by atoms with Crippen molar-refractivity contribution in [1.82, 2.24) is 19.7 Å². The van der Waals surface area contributed by atoms with E-state index < -0.39 is 0 Å². The molecule has 0 bridgehead atoms. The Morgan fingerprint density at radius 2 is 2.19 bits per heavy atom. The fourth-order valence-electron chi connectivity index (χ4n) is 2.21. The maximum atomic E-state index is 12.3. The molecule has 10 heteroatoms. The summed E-state index contributed by atoms with van der Waals surface area (Å²) in [6.07, 6.45) is 1.46. The van der Waals surface area contributed by atoms with Gasteiger partial charge < -0.3 is 9.88 Å². The van der Waals surface area contributed by atoms with Crippen LogP contribution in [-0.4, -0.2) is 31.4 Å². The molecule has 6 nitrogen and oxygen atoms in total. The second-order valence-corrected chi connectivity index (χ2v) is 7.93. The summed E-state index contributed by atoms with van der Waals surface area (Å²) in [4.78, 5) is 17.4. The van der Waals surface area contributed by atoms with Crippen molar-refractivity contribution in [3.8, 4) is 10.7 Å². The molecule has 3 aromatic rings. The summed E-state index contributed by atoms with van der Waals surface area (Å²) < 4.78 is 1.99. The standard InChI is InChI=1S/C16H15Cl2N5OS2/c1-3-23-15(11-5-4-6-25-11)21-22-16(23)26-8-12(24)20-14-13(18)9(2)10(17)7-19-14/h4-7H,3,8H2,1-2H3,(H,19,20,24). The average Bonchev–Trinajstić information content (AvgIpc) is 3.29. The smallest absolute Gasteiger partial charge is 0.236 e. The molecular weight excluding hydrogens is 413 g/mol. The maximum Gasteiger partial charge on any atom is 0.236 e. The average molecular weight is 428 g/mol. The molecule has 0 saturated carbocycles. The number of thiophene rings is 1. The molecule has 0 atom stereocenters. The number of hydrogen-bond acceptors (Lipinski definition) is 6. The van der Waals surface area contributed by atoms with E-state index in [1.165, 1.54) is 18.0 Å². The van der Waals surface area contributed by atoms with Gasteiger partial charge in [-0.3, -0.25) is 4.79 Å². The van der Waals surface area contributed by atoms with Gasteiger partial charge in [0.2, 0.25) is 5.91 Å². The van der Waals surface area contributed by atoms with Crippen molar-refractivity contribution in [2.45, 2.75) is 25.5 Å². The zero-order chi connectivity index (χ0) is 18.7. The molecule has 3 aromatic heterocycles. The molecule has 0 radical (unpaired) electrons. The highest BCUT2D eigenvalue weighted by atomic mass is 35.5. The molecular formula is C16H15Cl2N5OS2. The number of nitrogens with zero attached hydrogens (tertiary/aromatic N) is 4. The third-order valence-electron chi connectivity index (χ3n) is 3.57. The number of rotatable bonds is 6. The molecule has 0 aliphatic carbocycles. The topological polar surface area (TPSA) is 72.7 Å². The summed E-state index contributed by atoms with van der Waals surface area (Å²) in [6, 6.07) is 3.97. The van der Waals surface area contributed by atoms with E-state index in [4.69, 9.17) is 23.2 Å². The number of nitrogens with one attached hydrogen (secondary N) is 1. The van der Waals surface area contributed by atoms with Crippen LogP contribution in [0.2, 0.25) is 10.0 Å². The first kappa shape index (κ1) is 19.2. The van der Waals surface area contributed by atoms with E-state index in [-0.39, 0.29) is 11.7 Å². The van der Waals surface area contributed by atoms with Gasteiger partial charge in [0.25, 0.3) is 0 Å². The van der Waals surface area contributed by atoms with Crippen LogP contribution in [0.15, 0.2) is 28.9 Å². The minimum Gasteiger partial charge on any atom is -0.309 e. The van der Waals surface area contributed by atoms with Gasteiger partial charge in [0.05, 0.1) is 20.7 Å². The van der Waals surface area contributed by atoms with Crippen molar-refractivity contribution in [2.24, 2.45) is 0 Å². The summed E-state index contributed by atoms with van der Waals surface area (Å²) in [7, 11) is 0. The summed E-state index contributed by atoms with van der Waals surface area (Å²) in [5.74, 6) is 1.05. The number of carbonyl (C=O) groups excluding carboxylic acids is 1. The van der Waals surface area contributed by atoms with Crippen molar-refractivity contribution in [2.75, 3.05) is 11.1 Å². The zero-order valence-corrected chi connectivity index (χ0v) is 17.1. The third kappa shape index (κ3) is 4.03. The summed E-state index contributed by atoms with van der Waals surface area (Å²) in [5.41, 5.74) is 0.678. The first-order chi connectivity index (χ1) is 12.5. The van der Waals surface area contributed by atoms with Crippen molar-refractivity contribution >= 4 is 58.0 Å². The van der Waals surface area contributed by atoms with E-state index in [1.54, 1.807) is 18.3 Å². The van der Waals surface area contributed by atoms with E-state index >= 15 is 0 Å². The number of amides is 1. The second-order valence-electron chi connectivity index (χ2n) is 5.26. The fraction of sp³-hybridized carbons (Fsp3) is 0.250. The first-order valence-electron chi connectivity index (χ1n) is 7.71. The van der Waals surface area contributed by atoms with Gasteiger partial charge in [-0.25, -0.2) is 4.98 Å². The zero-order valence-electron chi connectivity index (χ0n) is 14.0. The molecule has 0 fully saturated rings. The molecule has 26 heavy (non-hydrogen) atoms. The minimum atomic E-state index is -0.227. The van der Waals surface area contributed by atoms with Gasteiger partial charge in [-0.05, 0) is 30.9 Å². The van der Waals surface area contributed by atoms with Crippen LogP contribution in [0, 0.1) is 6.92 Å². The highest BCUT2D eigenvalue weighted by Crippen LogP contribution is 2.29. The third-order valence-corrected chi connectivity index (χ3v) is 6.24. The molecule has 136 valence electrons. The molecule has 0 saturated heterocycles. The predicted molar refractivity (Wildman–Crippen MR) is 107 cm³/mol. The monoisotopic (exact) mass is 427 g/mol. The second kappa shape index (κ2) is 8.39. The van der Waals surface area contributed by atoms with Crippen molar-refractivity contribution in [3.63, 3.8) is 0 Å². The van der Waals surface area contributed by atoms with E-state index in [9.17, 15) is 4.79 Å². The molecule has 0 aromatic carbocycles. The lowest BCUT2D eigenvalue weighted by atomic mass is 10.3. The molecule has 3 rings (SSSR count). The Labute approximate surface area is 168 Å². The summed E-state index contributed by atoms with van der Waals surface area (Å²) in [6.45, 7) is 4.51. The van der Waals surface area contributed by atoms with E-state index in [1.807, 2.05) is 29.0 Å². The molecule has 0 spiro atoms.